The summed E-state index contributed by atoms with van der Waals surface area (Å²) in [5, 5.41) is 3.89. The van der Waals surface area contributed by atoms with Crippen LogP contribution in [0.5, 0.6) is 0 Å². The molecule has 1 N–H and O–H groups in total. The topological polar surface area (TPSA) is 12.0 Å². The molecule has 0 aromatic heterocycles. The first kappa shape index (κ1) is 15.9. The molecule has 0 saturated heterocycles. The number of hydrogen-bond acceptors (Lipinski definition) is 2. The van der Waals surface area contributed by atoms with E-state index in [1.807, 2.05) is 11.8 Å². The first-order chi connectivity index (χ1) is 9.64. The molecule has 0 amide bonds. The highest BCUT2D eigenvalue weighted by Gasteiger charge is 2.34. The molecule has 0 heterocycles. The molecular formula is C18H29NS. The fraction of sp³-hybridized carbons (Fsp3) is 0.667. The van der Waals surface area contributed by atoms with Crippen molar-refractivity contribution < 1.29 is 0 Å². The second-order valence-electron chi connectivity index (χ2n) is 6.20. The van der Waals surface area contributed by atoms with Crippen LogP contribution in [-0.4, -0.2) is 17.5 Å². The lowest BCUT2D eigenvalue weighted by atomic mass is 9.98. The normalized spacial score (nSPS) is 17.2. The minimum atomic E-state index is 0.401. The van der Waals surface area contributed by atoms with Gasteiger partial charge in [0.2, 0.25) is 0 Å². The van der Waals surface area contributed by atoms with Gasteiger partial charge in [-0.3, -0.25) is 0 Å². The maximum Gasteiger partial charge on any atom is 0.0349 e. The number of aryl methyl sites for hydroxylation is 1. The zero-order valence-corrected chi connectivity index (χ0v) is 14.2. The van der Waals surface area contributed by atoms with Crippen LogP contribution in [0, 0.1) is 12.8 Å². The Bertz CT molecular complexity index is 396. The van der Waals surface area contributed by atoms with Crippen molar-refractivity contribution in [2.24, 2.45) is 5.92 Å². The Labute approximate surface area is 128 Å². The maximum absolute atomic E-state index is 3.89. The molecule has 1 aliphatic carbocycles. The summed E-state index contributed by atoms with van der Waals surface area (Å²) in [4.78, 5) is 0. The van der Waals surface area contributed by atoms with Gasteiger partial charge in [-0.15, -0.1) is 0 Å². The molecular weight excluding hydrogens is 262 g/mol. The van der Waals surface area contributed by atoms with Gasteiger partial charge in [0, 0.05) is 17.3 Å². The summed E-state index contributed by atoms with van der Waals surface area (Å²) in [6, 6.07) is 9.66. The Morgan fingerprint density at radius 1 is 1.20 bits per heavy atom. The van der Waals surface area contributed by atoms with Crippen molar-refractivity contribution in [2.75, 3.05) is 12.8 Å². The monoisotopic (exact) mass is 291 g/mol. The van der Waals surface area contributed by atoms with E-state index < -0.39 is 0 Å². The number of nitrogens with one attached hydrogen (secondary N) is 1. The summed E-state index contributed by atoms with van der Waals surface area (Å²) in [7, 11) is 0. The van der Waals surface area contributed by atoms with E-state index >= 15 is 0 Å². The molecule has 1 aliphatic rings. The van der Waals surface area contributed by atoms with Crippen LogP contribution in [0.15, 0.2) is 24.3 Å². The van der Waals surface area contributed by atoms with Crippen molar-refractivity contribution in [1.29, 1.82) is 0 Å². The average Bonchev–Trinajstić information content (AvgIpc) is 3.31. The quantitative estimate of drug-likeness (QED) is 0.726. The van der Waals surface area contributed by atoms with Gasteiger partial charge in [-0.1, -0.05) is 43.7 Å². The van der Waals surface area contributed by atoms with Gasteiger partial charge in [-0.2, -0.15) is 11.8 Å². The molecule has 2 heteroatoms. The fourth-order valence-corrected chi connectivity index (χ4v) is 3.72. The highest BCUT2D eigenvalue weighted by Crippen LogP contribution is 2.42. The Morgan fingerprint density at radius 2 is 1.80 bits per heavy atom. The highest BCUT2D eigenvalue weighted by atomic mass is 32.2. The molecule has 1 aromatic rings. The van der Waals surface area contributed by atoms with Gasteiger partial charge in [0.1, 0.15) is 0 Å². The summed E-state index contributed by atoms with van der Waals surface area (Å²) in [5.74, 6) is 0.853. The van der Waals surface area contributed by atoms with Gasteiger partial charge in [0.05, 0.1) is 0 Å². The standard InChI is InChI=1S/C18H29NS/c1-5-18(6-2,20-4)13-19-17(16-11-12-16)15-9-7-14(3)8-10-15/h7-10,16-17,19H,5-6,11-13H2,1-4H3. The van der Waals surface area contributed by atoms with Gasteiger partial charge in [-0.25, -0.2) is 0 Å². The summed E-state index contributed by atoms with van der Waals surface area (Å²) < 4.78 is 0.401. The van der Waals surface area contributed by atoms with Gasteiger partial charge < -0.3 is 5.32 Å². The predicted molar refractivity (Wildman–Crippen MR) is 91.5 cm³/mol. The Kier molecular flexibility index (Phi) is 5.57. The molecule has 0 radical (unpaired) electrons. The average molecular weight is 292 g/mol. The third-order valence-corrected chi connectivity index (χ3v) is 6.48. The van der Waals surface area contributed by atoms with Crippen LogP contribution in [0.1, 0.15) is 56.7 Å². The molecule has 1 fully saturated rings. The summed E-state index contributed by atoms with van der Waals surface area (Å²) in [6.07, 6.45) is 7.50. The van der Waals surface area contributed by atoms with Crippen LogP contribution in [0.4, 0.5) is 0 Å². The third kappa shape index (κ3) is 3.79. The molecule has 0 spiro atoms. The molecule has 1 nitrogen and oxygen atoms in total. The van der Waals surface area contributed by atoms with Crippen LogP contribution >= 0.6 is 11.8 Å². The number of thioether (sulfide) groups is 1. The largest absolute Gasteiger partial charge is 0.308 e. The minimum absolute atomic E-state index is 0.401. The number of rotatable bonds is 8. The minimum Gasteiger partial charge on any atom is -0.308 e. The van der Waals surface area contributed by atoms with Crippen molar-refractivity contribution in [3.8, 4) is 0 Å². The number of hydrogen-bond donors (Lipinski definition) is 1. The van der Waals surface area contributed by atoms with Gasteiger partial charge in [0.15, 0.2) is 0 Å². The van der Waals surface area contributed by atoms with Crippen LogP contribution in [0.2, 0.25) is 0 Å². The lowest BCUT2D eigenvalue weighted by molar-refractivity contribution is 0.419. The maximum atomic E-state index is 3.89. The zero-order chi connectivity index (χ0) is 14.6. The molecule has 1 aromatic carbocycles. The molecule has 2 rings (SSSR count). The molecule has 1 saturated carbocycles. The third-order valence-electron chi connectivity index (χ3n) is 4.90. The lowest BCUT2D eigenvalue weighted by Gasteiger charge is -2.32. The highest BCUT2D eigenvalue weighted by molar-refractivity contribution is 8.00. The predicted octanol–water partition coefficient (Wildman–Crippen LogP) is 4.96. The van der Waals surface area contributed by atoms with Crippen molar-refractivity contribution in [1.82, 2.24) is 5.32 Å². The van der Waals surface area contributed by atoms with Crippen LogP contribution in [-0.2, 0) is 0 Å². The van der Waals surface area contributed by atoms with Crippen molar-refractivity contribution >= 4 is 11.8 Å². The Balaban J connectivity index is 2.05. The van der Waals surface area contributed by atoms with E-state index in [1.165, 1.54) is 36.8 Å². The molecule has 1 atom stereocenters. The summed E-state index contributed by atoms with van der Waals surface area (Å²) in [5.41, 5.74) is 2.82. The summed E-state index contributed by atoms with van der Waals surface area (Å²) in [6.45, 7) is 7.92. The SMILES string of the molecule is CCC(CC)(CNC(c1ccc(C)cc1)C1CC1)SC. The number of benzene rings is 1. The first-order valence-electron chi connectivity index (χ1n) is 7.99. The fourth-order valence-electron chi connectivity index (χ4n) is 2.92. The first-order valence-corrected chi connectivity index (χ1v) is 9.21. The van der Waals surface area contributed by atoms with E-state index in [0.717, 1.165) is 12.5 Å². The smallest absolute Gasteiger partial charge is 0.0349 e. The molecule has 0 bridgehead atoms. The van der Waals surface area contributed by atoms with E-state index in [0.29, 0.717) is 10.8 Å². The molecule has 0 aliphatic heterocycles. The van der Waals surface area contributed by atoms with E-state index in [4.69, 9.17) is 0 Å². The molecule has 112 valence electrons. The van der Waals surface area contributed by atoms with E-state index in [9.17, 15) is 0 Å². The van der Waals surface area contributed by atoms with E-state index in [2.05, 4.69) is 56.6 Å². The van der Waals surface area contributed by atoms with Crippen LogP contribution in [0.25, 0.3) is 0 Å². The Morgan fingerprint density at radius 3 is 2.25 bits per heavy atom. The van der Waals surface area contributed by atoms with Crippen LogP contribution in [0.3, 0.4) is 0 Å². The zero-order valence-electron chi connectivity index (χ0n) is 13.4. The second kappa shape index (κ2) is 7.00. The van der Waals surface area contributed by atoms with Crippen LogP contribution < -0.4 is 5.32 Å². The van der Waals surface area contributed by atoms with Gasteiger partial charge >= 0.3 is 0 Å². The Hall–Kier alpha value is -0.470. The second-order valence-corrected chi connectivity index (χ2v) is 7.48. The van der Waals surface area contributed by atoms with E-state index in [-0.39, 0.29) is 0 Å². The van der Waals surface area contributed by atoms with Gasteiger partial charge in [0.25, 0.3) is 0 Å². The molecule has 1 unspecified atom stereocenters. The van der Waals surface area contributed by atoms with Crippen molar-refractivity contribution in [2.45, 2.75) is 57.2 Å². The molecule has 20 heavy (non-hydrogen) atoms. The lowest BCUT2D eigenvalue weighted by Crippen LogP contribution is -2.39. The van der Waals surface area contributed by atoms with E-state index in [1.54, 1.807) is 0 Å². The van der Waals surface area contributed by atoms with Crippen molar-refractivity contribution in [3.05, 3.63) is 35.4 Å². The van der Waals surface area contributed by atoms with Crippen molar-refractivity contribution in [3.63, 3.8) is 0 Å². The summed E-state index contributed by atoms with van der Waals surface area (Å²) >= 11 is 2.03. The van der Waals surface area contributed by atoms with Gasteiger partial charge in [-0.05, 0) is 50.3 Å².